The van der Waals surface area contributed by atoms with Crippen LogP contribution in [0.3, 0.4) is 0 Å². The molecule has 0 bridgehead atoms. The van der Waals surface area contributed by atoms with Crippen LogP contribution in [0.5, 0.6) is 0 Å². The molecular formula is C52H108AlLiN6O. The number of allylic oxidation sites excluding steroid dienone is 2. The summed E-state index contributed by atoms with van der Waals surface area (Å²) >= 11 is 0. The molecule has 7 nitrogen and oxygen atoms in total. The summed E-state index contributed by atoms with van der Waals surface area (Å²) in [7, 11) is 0. The summed E-state index contributed by atoms with van der Waals surface area (Å²) in [6.07, 6.45) is 45.2. The molecule has 9 heteroatoms. The number of ether oxygens (including phenoxy) is 1. The Morgan fingerprint density at radius 1 is 0.607 bits per heavy atom. The van der Waals surface area contributed by atoms with Crippen molar-refractivity contribution in [2.45, 2.75) is 233 Å². The van der Waals surface area contributed by atoms with E-state index in [-0.39, 0.29) is 37.6 Å². The Kier molecular flexibility index (Phi) is 74.8. The molecule has 3 aliphatic heterocycles. The van der Waals surface area contributed by atoms with Crippen LogP contribution >= 0.6 is 0 Å². The standard InChI is InChI=1S/C15H32N2.C15H28N2.C13H25N.C4H10O.C3H3N.C2H6.Al.Li.4H/c2*16-12-11-15-17-13-9-7-5-3-1-2-4-6-8-10-14-17;1-13-11-9-7-5-3-2-4-6-8-10-12-14-13;1-3-5-4-2;1-2-3-4;1-2;;;;;;/h1-16H2;1-11,13-15H2;14H,1-12H2;3-4H2,1-2H3;2H,1H2;1-2H3;;;;;;/q;;;;;;;+1;;;;-1. The van der Waals surface area contributed by atoms with Crippen molar-refractivity contribution >= 4 is 17.4 Å². The van der Waals surface area contributed by atoms with Gasteiger partial charge in [-0.15, -0.1) is 0 Å². The number of nitrogens with two attached hydrogens (primary N) is 1. The van der Waals surface area contributed by atoms with E-state index in [2.05, 4.69) is 34.3 Å². The number of nitrogens with zero attached hydrogens (tertiary/aromatic N) is 4. The number of rotatable bonds is 7. The number of nitriles is 2. The van der Waals surface area contributed by atoms with Gasteiger partial charge in [-0.3, -0.25) is 0 Å². The number of hydrogen-bond donors (Lipinski definition) is 2. The van der Waals surface area contributed by atoms with Gasteiger partial charge in [0.15, 0.2) is 17.4 Å². The molecule has 3 saturated heterocycles. The van der Waals surface area contributed by atoms with Gasteiger partial charge in [-0.2, -0.15) is 10.5 Å². The van der Waals surface area contributed by atoms with Crippen LogP contribution in [0, 0.1) is 22.7 Å². The predicted octanol–water partition coefficient (Wildman–Crippen LogP) is 10.4. The maximum atomic E-state index is 8.67. The topological polar surface area (TPSA) is 101 Å². The van der Waals surface area contributed by atoms with Crippen molar-refractivity contribution in [1.82, 2.24) is 15.1 Å². The van der Waals surface area contributed by atoms with Crippen LogP contribution in [0.2, 0.25) is 0 Å². The molecule has 0 aromatic carbocycles. The van der Waals surface area contributed by atoms with Crippen molar-refractivity contribution < 1.29 is 25.0 Å². The third kappa shape index (κ3) is 63.6. The van der Waals surface area contributed by atoms with Gasteiger partial charge in [0.1, 0.15) is 0 Å². The molecule has 0 amide bonds. The van der Waals surface area contributed by atoms with Crippen molar-refractivity contribution in [2.24, 2.45) is 5.73 Å². The average Bonchev–Trinajstić information content (AvgIpc) is 3.33. The molecule has 0 atom stereocenters. The van der Waals surface area contributed by atoms with Crippen LogP contribution < -0.4 is 29.9 Å². The Labute approximate surface area is 407 Å². The fourth-order valence-corrected chi connectivity index (χ4v) is 7.62. The van der Waals surface area contributed by atoms with Gasteiger partial charge in [0.2, 0.25) is 0 Å². The first kappa shape index (κ1) is 69.3. The monoisotopic (exact) mass is 867 g/mol. The smallest absolute Gasteiger partial charge is 1.00 e. The van der Waals surface area contributed by atoms with Crippen molar-refractivity contribution in [3.63, 3.8) is 0 Å². The molecule has 3 N–H and O–H groups in total. The SMILES string of the molecule is C=C1CCCCCCCCCCCN1.C=CC#N.CC.CCOCC.N#CCCN1CCCCCCCCCCCC1.NCCCN1CCCCCCCCCCCC1.[AlH3].[H-].[Li+]. The minimum Gasteiger partial charge on any atom is -1.00 e. The summed E-state index contributed by atoms with van der Waals surface area (Å²) < 4.78 is 4.83. The first-order chi connectivity index (χ1) is 29.1. The van der Waals surface area contributed by atoms with Gasteiger partial charge in [-0.05, 0) is 104 Å². The Balaban J connectivity index is -0.000000166. The number of hydrogen-bond acceptors (Lipinski definition) is 7. The molecule has 3 fully saturated rings. The van der Waals surface area contributed by atoms with E-state index in [1.807, 2.05) is 27.7 Å². The Morgan fingerprint density at radius 2 is 0.918 bits per heavy atom. The molecule has 0 saturated carbocycles. The fraction of sp³-hybridized carbons (Fsp3) is 0.885. The van der Waals surface area contributed by atoms with Crippen LogP contribution in [0.15, 0.2) is 24.9 Å². The zero-order valence-corrected chi connectivity index (χ0v) is 41.5. The molecular weight excluding hydrogens is 759 g/mol. The molecule has 0 unspecified atom stereocenters. The third-order valence-electron chi connectivity index (χ3n) is 11.1. The maximum Gasteiger partial charge on any atom is 1.00 e. The van der Waals surface area contributed by atoms with Crippen molar-refractivity contribution in [3.05, 3.63) is 24.9 Å². The Morgan fingerprint density at radius 3 is 1.21 bits per heavy atom. The molecule has 356 valence electrons. The van der Waals surface area contributed by atoms with Crippen molar-refractivity contribution in [2.75, 3.05) is 65.6 Å². The number of nitrogens with one attached hydrogen (secondary N) is 1. The molecule has 3 heterocycles. The van der Waals surface area contributed by atoms with Crippen LogP contribution in [0.1, 0.15) is 235 Å². The van der Waals surface area contributed by atoms with E-state index in [9.17, 15) is 0 Å². The summed E-state index contributed by atoms with van der Waals surface area (Å²) in [5, 5.41) is 19.6. The second kappa shape index (κ2) is 65.8. The molecule has 0 aromatic rings. The average molecular weight is 867 g/mol. The fourth-order valence-electron chi connectivity index (χ4n) is 7.62. The van der Waals surface area contributed by atoms with E-state index in [0.717, 1.165) is 32.8 Å². The maximum absolute atomic E-state index is 8.67. The Bertz CT molecular complexity index is 859. The molecule has 3 rings (SSSR count). The van der Waals surface area contributed by atoms with E-state index in [1.54, 1.807) is 6.07 Å². The second-order valence-electron chi connectivity index (χ2n) is 16.4. The van der Waals surface area contributed by atoms with E-state index in [4.69, 9.17) is 21.0 Å². The van der Waals surface area contributed by atoms with Crippen LogP contribution in [0.25, 0.3) is 0 Å². The molecule has 0 aromatic heterocycles. The van der Waals surface area contributed by atoms with Crippen molar-refractivity contribution in [1.29, 1.82) is 10.5 Å². The van der Waals surface area contributed by atoms with Gasteiger partial charge in [0.25, 0.3) is 0 Å². The second-order valence-corrected chi connectivity index (χ2v) is 16.4. The zero-order valence-electron chi connectivity index (χ0n) is 42.5. The normalized spacial score (nSPS) is 18.6. The summed E-state index contributed by atoms with van der Waals surface area (Å²) in [4.78, 5) is 5.14. The van der Waals surface area contributed by atoms with Gasteiger partial charge in [0.05, 0.1) is 12.1 Å². The van der Waals surface area contributed by atoms with Gasteiger partial charge < -0.3 is 27.0 Å². The first-order valence-electron chi connectivity index (χ1n) is 25.6. The van der Waals surface area contributed by atoms with Gasteiger partial charge >= 0.3 is 18.9 Å². The van der Waals surface area contributed by atoms with E-state index in [0.29, 0.717) is 6.42 Å². The van der Waals surface area contributed by atoms with Gasteiger partial charge in [-0.1, -0.05) is 175 Å². The minimum atomic E-state index is 0. The largest absolute Gasteiger partial charge is 1.00 e. The van der Waals surface area contributed by atoms with Crippen molar-refractivity contribution in [3.8, 4) is 12.1 Å². The molecule has 0 spiro atoms. The van der Waals surface area contributed by atoms with Gasteiger partial charge in [0, 0.05) is 44.5 Å². The van der Waals surface area contributed by atoms with E-state index < -0.39 is 0 Å². The molecule has 3 aliphatic rings. The third-order valence-corrected chi connectivity index (χ3v) is 11.1. The van der Waals surface area contributed by atoms with Crippen LogP contribution in [-0.4, -0.2) is 92.7 Å². The summed E-state index contributed by atoms with van der Waals surface area (Å²) in [5.74, 6) is 0. The Hall–Kier alpha value is -0.770. The zero-order chi connectivity index (χ0) is 44.0. The quantitative estimate of drug-likeness (QED) is 0.194. The summed E-state index contributed by atoms with van der Waals surface area (Å²) in [6.45, 7) is 26.1. The first-order valence-corrected chi connectivity index (χ1v) is 25.6. The van der Waals surface area contributed by atoms with Crippen LogP contribution in [0.4, 0.5) is 0 Å². The predicted molar refractivity (Wildman–Crippen MR) is 273 cm³/mol. The molecule has 0 aliphatic carbocycles. The van der Waals surface area contributed by atoms with E-state index >= 15 is 0 Å². The van der Waals surface area contributed by atoms with Gasteiger partial charge in [-0.25, -0.2) is 0 Å². The summed E-state index contributed by atoms with van der Waals surface area (Å²) in [6, 6.07) is 3.96. The minimum absolute atomic E-state index is 0. The molecule has 0 radical (unpaired) electrons. The van der Waals surface area contributed by atoms with E-state index in [1.165, 1.54) is 244 Å². The molecule has 61 heavy (non-hydrogen) atoms. The van der Waals surface area contributed by atoms with Crippen LogP contribution in [-0.2, 0) is 4.74 Å². The summed E-state index contributed by atoms with van der Waals surface area (Å²) in [5.41, 5.74) is 6.87.